The summed E-state index contributed by atoms with van der Waals surface area (Å²) in [6.45, 7) is 1.31. The predicted octanol–water partition coefficient (Wildman–Crippen LogP) is 0.907. The average molecular weight is 250 g/mol. The van der Waals surface area contributed by atoms with Gasteiger partial charge in [-0.15, -0.1) is 0 Å². The Morgan fingerprint density at radius 2 is 2.28 bits per heavy atom. The van der Waals surface area contributed by atoms with Crippen molar-refractivity contribution in [2.75, 3.05) is 6.54 Å². The first-order chi connectivity index (χ1) is 8.79. The number of aromatic nitrogens is 2. The second-order valence-electron chi connectivity index (χ2n) is 4.97. The lowest BCUT2D eigenvalue weighted by molar-refractivity contribution is -0.122. The number of hydrogen-bond acceptors (Lipinski definition) is 3. The summed E-state index contributed by atoms with van der Waals surface area (Å²) < 4.78 is 1.78. The maximum Gasteiger partial charge on any atom is 0.222 e. The molecule has 5 nitrogen and oxygen atoms in total. The molecule has 0 saturated heterocycles. The second-order valence-corrected chi connectivity index (χ2v) is 4.97. The van der Waals surface area contributed by atoms with Crippen molar-refractivity contribution in [1.29, 1.82) is 0 Å². The first-order valence-corrected chi connectivity index (χ1v) is 6.76. The van der Waals surface area contributed by atoms with E-state index in [2.05, 4.69) is 10.4 Å². The Bertz CT molecular complexity index is 363. The van der Waals surface area contributed by atoms with Crippen LogP contribution in [0.2, 0.25) is 0 Å². The van der Waals surface area contributed by atoms with Crippen molar-refractivity contribution in [3.8, 4) is 0 Å². The fraction of sp³-hybridized carbons (Fsp3) is 0.692. The maximum absolute atomic E-state index is 11.9. The molecular formula is C13H22N4O. The summed E-state index contributed by atoms with van der Waals surface area (Å²) >= 11 is 0. The molecular weight excluding hydrogens is 228 g/mol. The summed E-state index contributed by atoms with van der Waals surface area (Å²) in [6.07, 6.45) is 8.72. The van der Waals surface area contributed by atoms with Crippen molar-refractivity contribution >= 4 is 5.91 Å². The first-order valence-electron chi connectivity index (χ1n) is 6.76. The molecule has 2 rings (SSSR count). The smallest absolute Gasteiger partial charge is 0.222 e. The zero-order valence-electron chi connectivity index (χ0n) is 10.7. The van der Waals surface area contributed by atoms with E-state index in [-0.39, 0.29) is 11.9 Å². The summed E-state index contributed by atoms with van der Waals surface area (Å²) in [5.74, 6) is 0.559. The molecule has 0 aliphatic heterocycles. The van der Waals surface area contributed by atoms with Crippen molar-refractivity contribution in [3.63, 3.8) is 0 Å². The van der Waals surface area contributed by atoms with Gasteiger partial charge >= 0.3 is 0 Å². The molecule has 1 amide bonds. The molecule has 1 fully saturated rings. The predicted molar refractivity (Wildman–Crippen MR) is 69.8 cm³/mol. The highest BCUT2D eigenvalue weighted by Crippen LogP contribution is 2.23. The Balaban J connectivity index is 1.75. The molecule has 0 spiro atoms. The third kappa shape index (κ3) is 3.57. The van der Waals surface area contributed by atoms with Crippen molar-refractivity contribution in [1.82, 2.24) is 15.1 Å². The number of carbonyl (C=O) groups excluding carboxylic acids is 1. The Kier molecular flexibility index (Phi) is 4.75. The van der Waals surface area contributed by atoms with Crippen LogP contribution in [0.4, 0.5) is 0 Å². The van der Waals surface area contributed by atoms with Gasteiger partial charge in [-0.05, 0) is 31.4 Å². The summed E-state index contributed by atoms with van der Waals surface area (Å²) in [5.41, 5.74) is 5.76. The number of hydrogen-bond donors (Lipinski definition) is 2. The van der Waals surface area contributed by atoms with Gasteiger partial charge in [-0.2, -0.15) is 5.10 Å². The number of amides is 1. The van der Waals surface area contributed by atoms with Crippen LogP contribution < -0.4 is 11.1 Å². The molecule has 2 atom stereocenters. The van der Waals surface area contributed by atoms with E-state index in [1.54, 1.807) is 10.9 Å². The van der Waals surface area contributed by atoms with Gasteiger partial charge in [-0.3, -0.25) is 9.48 Å². The zero-order valence-corrected chi connectivity index (χ0v) is 10.7. The number of carbonyl (C=O) groups is 1. The van der Waals surface area contributed by atoms with Gasteiger partial charge in [0.1, 0.15) is 0 Å². The van der Waals surface area contributed by atoms with Gasteiger partial charge in [-0.25, -0.2) is 0 Å². The SMILES string of the molecule is NCC1CCCCC1NC(=O)CCn1cccn1. The third-order valence-corrected chi connectivity index (χ3v) is 3.69. The molecule has 1 aliphatic carbocycles. The largest absolute Gasteiger partial charge is 0.353 e. The molecule has 1 aromatic heterocycles. The monoisotopic (exact) mass is 250 g/mol. The first kappa shape index (κ1) is 13.1. The Hall–Kier alpha value is -1.36. The third-order valence-electron chi connectivity index (χ3n) is 3.69. The molecule has 2 unspecified atom stereocenters. The van der Waals surface area contributed by atoms with Crippen molar-refractivity contribution in [2.24, 2.45) is 11.7 Å². The van der Waals surface area contributed by atoms with Crippen LogP contribution in [-0.2, 0) is 11.3 Å². The van der Waals surface area contributed by atoms with Gasteiger partial charge in [-0.1, -0.05) is 12.8 Å². The van der Waals surface area contributed by atoms with Crippen LogP contribution in [0.3, 0.4) is 0 Å². The van der Waals surface area contributed by atoms with Crippen LogP contribution in [0.15, 0.2) is 18.5 Å². The van der Waals surface area contributed by atoms with Crippen molar-refractivity contribution in [3.05, 3.63) is 18.5 Å². The standard InChI is InChI=1S/C13H22N4O/c14-10-11-4-1-2-5-12(11)16-13(18)6-9-17-8-3-7-15-17/h3,7-8,11-12H,1-2,4-6,9-10,14H2,(H,16,18). The van der Waals surface area contributed by atoms with E-state index in [4.69, 9.17) is 5.73 Å². The molecule has 0 radical (unpaired) electrons. The lowest BCUT2D eigenvalue weighted by Crippen LogP contribution is -2.44. The van der Waals surface area contributed by atoms with E-state index in [9.17, 15) is 4.79 Å². The van der Waals surface area contributed by atoms with Crippen molar-refractivity contribution in [2.45, 2.75) is 44.7 Å². The molecule has 5 heteroatoms. The van der Waals surface area contributed by atoms with Gasteiger partial charge in [0, 0.05) is 31.4 Å². The van der Waals surface area contributed by atoms with Gasteiger partial charge < -0.3 is 11.1 Å². The van der Waals surface area contributed by atoms with Crippen LogP contribution in [0.1, 0.15) is 32.1 Å². The van der Waals surface area contributed by atoms with Gasteiger partial charge in [0.25, 0.3) is 0 Å². The number of nitrogens with one attached hydrogen (secondary N) is 1. The molecule has 1 aromatic rings. The molecule has 0 bridgehead atoms. The minimum atomic E-state index is 0.107. The minimum Gasteiger partial charge on any atom is -0.353 e. The highest BCUT2D eigenvalue weighted by molar-refractivity contribution is 5.76. The molecule has 1 aliphatic rings. The Labute approximate surface area is 108 Å². The van der Waals surface area contributed by atoms with E-state index in [1.165, 1.54) is 12.8 Å². The number of nitrogens with zero attached hydrogens (tertiary/aromatic N) is 2. The Morgan fingerprint density at radius 3 is 3.00 bits per heavy atom. The van der Waals surface area contributed by atoms with Crippen LogP contribution in [0.5, 0.6) is 0 Å². The summed E-state index contributed by atoms with van der Waals surface area (Å²) in [7, 11) is 0. The molecule has 1 heterocycles. The fourth-order valence-corrected chi connectivity index (χ4v) is 2.61. The lowest BCUT2D eigenvalue weighted by Gasteiger charge is -2.31. The molecule has 3 N–H and O–H groups in total. The van der Waals surface area contributed by atoms with Crippen LogP contribution in [-0.4, -0.2) is 28.3 Å². The van der Waals surface area contributed by atoms with Gasteiger partial charge in [0.2, 0.25) is 5.91 Å². The fourth-order valence-electron chi connectivity index (χ4n) is 2.61. The van der Waals surface area contributed by atoms with E-state index < -0.39 is 0 Å². The number of aryl methyl sites for hydroxylation is 1. The number of nitrogens with two attached hydrogens (primary N) is 1. The number of rotatable bonds is 5. The second kappa shape index (κ2) is 6.54. The molecule has 1 saturated carbocycles. The van der Waals surface area contributed by atoms with Crippen LogP contribution in [0.25, 0.3) is 0 Å². The summed E-state index contributed by atoms with van der Waals surface area (Å²) in [5, 5.41) is 7.21. The normalized spacial score (nSPS) is 23.8. The molecule has 18 heavy (non-hydrogen) atoms. The quantitative estimate of drug-likeness (QED) is 0.815. The minimum absolute atomic E-state index is 0.107. The van der Waals surface area contributed by atoms with Gasteiger partial charge in [0.05, 0.1) is 0 Å². The average Bonchev–Trinajstić information content (AvgIpc) is 2.90. The maximum atomic E-state index is 11.9. The Morgan fingerprint density at radius 1 is 1.44 bits per heavy atom. The van der Waals surface area contributed by atoms with Crippen LogP contribution >= 0.6 is 0 Å². The van der Waals surface area contributed by atoms with Crippen LogP contribution in [0, 0.1) is 5.92 Å². The van der Waals surface area contributed by atoms with E-state index in [0.29, 0.717) is 25.4 Å². The summed E-state index contributed by atoms with van der Waals surface area (Å²) in [6, 6.07) is 2.14. The topological polar surface area (TPSA) is 72.9 Å². The highest BCUT2D eigenvalue weighted by atomic mass is 16.1. The summed E-state index contributed by atoms with van der Waals surface area (Å²) in [4.78, 5) is 11.9. The molecule has 100 valence electrons. The van der Waals surface area contributed by atoms with E-state index in [1.807, 2.05) is 12.3 Å². The van der Waals surface area contributed by atoms with Crippen molar-refractivity contribution < 1.29 is 4.79 Å². The van der Waals surface area contributed by atoms with E-state index >= 15 is 0 Å². The van der Waals surface area contributed by atoms with E-state index in [0.717, 1.165) is 12.8 Å². The van der Waals surface area contributed by atoms with Gasteiger partial charge in [0.15, 0.2) is 0 Å². The highest BCUT2D eigenvalue weighted by Gasteiger charge is 2.24. The zero-order chi connectivity index (χ0) is 12.8. The molecule has 0 aromatic carbocycles. The lowest BCUT2D eigenvalue weighted by atomic mass is 9.84.